The Morgan fingerprint density at radius 3 is 3.22 bits per heavy atom. The third kappa shape index (κ3) is 2.60. The molecule has 0 saturated carbocycles. The summed E-state index contributed by atoms with van der Waals surface area (Å²) in [6.07, 6.45) is 3.15. The first-order valence-electron chi connectivity index (χ1n) is 5.52. The van der Waals surface area contributed by atoms with Crippen molar-refractivity contribution in [2.75, 3.05) is 25.1 Å². The van der Waals surface area contributed by atoms with Gasteiger partial charge in [-0.1, -0.05) is 17.7 Å². The van der Waals surface area contributed by atoms with Gasteiger partial charge in [-0.3, -0.25) is 0 Å². The third-order valence-electron chi connectivity index (χ3n) is 2.38. The monoisotopic (exact) mass is 267 g/mol. The number of ether oxygens (including phenoxy) is 1. The number of nitrogens with one attached hydrogen (secondary N) is 1. The molecule has 0 fully saturated rings. The van der Waals surface area contributed by atoms with E-state index in [1.807, 2.05) is 6.92 Å². The molecule has 6 nitrogen and oxygen atoms in total. The molecule has 0 saturated heterocycles. The summed E-state index contributed by atoms with van der Waals surface area (Å²) in [5, 5.41) is 7.74. The minimum Gasteiger partial charge on any atom is -0.376 e. The van der Waals surface area contributed by atoms with Crippen LogP contribution in [0.25, 0.3) is 5.78 Å². The lowest BCUT2D eigenvalue weighted by Crippen LogP contribution is -2.14. The van der Waals surface area contributed by atoms with E-state index in [1.165, 1.54) is 6.33 Å². The van der Waals surface area contributed by atoms with Crippen LogP contribution in [0.2, 0.25) is 5.15 Å². The van der Waals surface area contributed by atoms with E-state index < -0.39 is 0 Å². The predicted molar refractivity (Wildman–Crippen MR) is 70.0 cm³/mol. The largest absolute Gasteiger partial charge is 0.376 e. The van der Waals surface area contributed by atoms with Crippen molar-refractivity contribution >= 4 is 23.2 Å². The average molecular weight is 268 g/mol. The summed E-state index contributed by atoms with van der Waals surface area (Å²) in [6.45, 7) is 7.21. The first-order valence-corrected chi connectivity index (χ1v) is 5.90. The molecule has 18 heavy (non-hydrogen) atoms. The molecule has 2 aromatic rings. The normalized spacial score (nSPS) is 10.8. The van der Waals surface area contributed by atoms with Crippen molar-refractivity contribution in [3.8, 4) is 0 Å². The molecule has 0 bridgehead atoms. The minimum atomic E-state index is 0.421. The lowest BCUT2D eigenvalue weighted by Gasteiger charge is -2.11. The van der Waals surface area contributed by atoms with E-state index in [9.17, 15) is 0 Å². The maximum atomic E-state index is 6.04. The molecule has 2 rings (SSSR count). The second-order valence-electron chi connectivity index (χ2n) is 3.64. The molecule has 96 valence electrons. The summed E-state index contributed by atoms with van der Waals surface area (Å²) in [7, 11) is 0. The molecule has 0 unspecified atom stereocenters. The highest BCUT2D eigenvalue weighted by Crippen LogP contribution is 2.21. The van der Waals surface area contributed by atoms with E-state index in [-0.39, 0.29) is 0 Å². The molecule has 0 aliphatic rings. The predicted octanol–water partition coefficient (Wildman–Crippen LogP) is 1.70. The number of anilines is 1. The van der Waals surface area contributed by atoms with E-state index in [0.717, 1.165) is 11.4 Å². The van der Waals surface area contributed by atoms with Crippen LogP contribution in [0.4, 0.5) is 5.82 Å². The Labute approximate surface area is 110 Å². The summed E-state index contributed by atoms with van der Waals surface area (Å²) in [5.74, 6) is 1.25. The Morgan fingerprint density at radius 1 is 1.61 bits per heavy atom. The SMILES string of the molecule is C=CCOCCNc1c(C)c(Cl)nc2ncnn12. The topological polar surface area (TPSA) is 64.3 Å². The lowest BCUT2D eigenvalue weighted by atomic mass is 10.3. The molecule has 2 aromatic heterocycles. The molecule has 0 atom stereocenters. The molecule has 1 N–H and O–H groups in total. The van der Waals surface area contributed by atoms with Gasteiger partial charge in [-0.2, -0.15) is 19.6 Å². The number of rotatable bonds is 6. The summed E-state index contributed by atoms with van der Waals surface area (Å²) in [5.41, 5.74) is 0.832. The Morgan fingerprint density at radius 2 is 2.44 bits per heavy atom. The first kappa shape index (κ1) is 12.8. The summed E-state index contributed by atoms with van der Waals surface area (Å²) < 4.78 is 6.91. The highest BCUT2D eigenvalue weighted by molar-refractivity contribution is 6.30. The highest BCUT2D eigenvalue weighted by Gasteiger charge is 2.11. The van der Waals surface area contributed by atoms with Crippen molar-refractivity contribution in [1.82, 2.24) is 19.6 Å². The second-order valence-corrected chi connectivity index (χ2v) is 4.00. The van der Waals surface area contributed by atoms with E-state index in [0.29, 0.717) is 30.7 Å². The number of hydrogen-bond donors (Lipinski definition) is 1. The van der Waals surface area contributed by atoms with Gasteiger partial charge in [0, 0.05) is 12.1 Å². The van der Waals surface area contributed by atoms with Crippen molar-refractivity contribution < 1.29 is 4.74 Å². The maximum absolute atomic E-state index is 6.04. The highest BCUT2D eigenvalue weighted by atomic mass is 35.5. The smallest absolute Gasteiger partial charge is 0.255 e. The third-order valence-corrected chi connectivity index (χ3v) is 2.75. The Hall–Kier alpha value is -1.66. The van der Waals surface area contributed by atoms with Crippen LogP contribution in [-0.4, -0.2) is 39.3 Å². The number of halogens is 1. The molecule has 2 heterocycles. The van der Waals surface area contributed by atoms with Gasteiger partial charge in [-0.25, -0.2) is 0 Å². The van der Waals surface area contributed by atoms with Gasteiger partial charge in [0.15, 0.2) is 0 Å². The molecule has 0 radical (unpaired) electrons. The zero-order valence-corrected chi connectivity index (χ0v) is 10.8. The number of nitrogens with zero attached hydrogens (tertiary/aromatic N) is 4. The van der Waals surface area contributed by atoms with Crippen LogP contribution < -0.4 is 5.32 Å². The summed E-state index contributed by atoms with van der Waals surface area (Å²) in [6, 6.07) is 0. The van der Waals surface area contributed by atoms with Crippen molar-refractivity contribution in [2.24, 2.45) is 0 Å². The van der Waals surface area contributed by atoms with Crippen LogP contribution in [0, 0.1) is 6.92 Å². The van der Waals surface area contributed by atoms with Crippen LogP contribution in [0.3, 0.4) is 0 Å². The summed E-state index contributed by atoms with van der Waals surface area (Å²) in [4.78, 5) is 8.13. The zero-order chi connectivity index (χ0) is 13.0. The van der Waals surface area contributed by atoms with Crippen molar-refractivity contribution in [1.29, 1.82) is 0 Å². The van der Waals surface area contributed by atoms with Crippen LogP contribution in [0.1, 0.15) is 5.56 Å². The van der Waals surface area contributed by atoms with E-state index in [2.05, 4.69) is 27.0 Å². The number of hydrogen-bond acceptors (Lipinski definition) is 5. The van der Waals surface area contributed by atoms with Gasteiger partial charge < -0.3 is 10.1 Å². The van der Waals surface area contributed by atoms with Crippen molar-refractivity contribution in [3.63, 3.8) is 0 Å². The molecular weight excluding hydrogens is 254 g/mol. The van der Waals surface area contributed by atoms with Gasteiger partial charge in [0.2, 0.25) is 0 Å². The molecule has 0 spiro atoms. The molecule has 0 aliphatic carbocycles. The molecule has 0 aromatic carbocycles. The lowest BCUT2D eigenvalue weighted by molar-refractivity contribution is 0.173. The van der Waals surface area contributed by atoms with Gasteiger partial charge in [0.1, 0.15) is 17.3 Å². The summed E-state index contributed by atoms with van der Waals surface area (Å²) >= 11 is 6.04. The second kappa shape index (κ2) is 5.79. The van der Waals surface area contributed by atoms with Gasteiger partial charge in [-0.05, 0) is 6.92 Å². The average Bonchev–Trinajstić information content (AvgIpc) is 2.81. The van der Waals surface area contributed by atoms with Crippen LogP contribution in [0.5, 0.6) is 0 Å². The fourth-order valence-corrected chi connectivity index (χ4v) is 1.68. The van der Waals surface area contributed by atoms with Gasteiger partial charge in [0.05, 0.1) is 13.2 Å². The maximum Gasteiger partial charge on any atom is 0.255 e. The Kier molecular flexibility index (Phi) is 4.11. The number of fused-ring (bicyclic) bond motifs is 1. The zero-order valence-electron chi connectivity index (χ0n) is 10.1. The van der Waals surface area contributed by atoms with Gasteiger partial charge >= 0.3 is 0 Å². The van der Waals surface area contributed by atoms with E-state index in [1.54, 1.807) is 10.6 Å². The van der Waals surface area contributed by atoms with E-state index in [4.69, 9.17) is 16.3 Å². The first-order chi connectivity index (χ1) is 8.74. The van der Waals surface area contributed by atoms with Crippen molar-refractivity contribution in [2.45, 2.75) is 6.92 Å². The van der Waals surface area contributed by atoms with Crippen LogP contribution in [-0.2, 0) is 4.74 Å². The van der Waals surface area contributed by atoms with Gasteiger partial charge in [-0.15, -0.1) is 6.58 Å². The van der Waals surface area contributed by atoms with E-state index >= 15 is 0 Å². The Balaban J connectivity index is 2.13. The molecule has 0 amide bonds. The van der Waals surface area contributed by atoms with Crippen LogP contribution >= 0.6 is 11.6 Å². The van der Waals surface area contributed by atoms with Crippen LogP contribution in [0.15, 0.2) is 19.0 Å². The van der Waals surface area contributed by atoms with Gasteiger partial charge in [0.25, 0.3) is 5.78 Å². The fourth-order valence-electron chi connectivity index (χ4n) is 1.51. The molecule has 0 aliphatic heterocycles. The quantitative estimate of drug-likeness (QED) is 0.490. The number of aromatic nitrogens is 4. The molecular formula is C11H14ClN5O. The fraction of sp³-hybridized carbons (Fsp3) is 0.364. The van der Waals surface area contributed by atoms with Crippen molar-refractivity contribution in [3.05, 3.63) is 29.7 Å². The minimum absolute atomic E-state index is 0.421. The standard InChI is InChI=1S/C11H14ClN5O/c1-3-5-18-6-4-13-10-8(2)9(12)16-11-14-7-15-17(10)11/h3,7,13H,1,4-6H2,2H3. The Bertz CT molecular complexity index is 554. The molecule has 7 heteroatoms.